The molecule has 0 saturated carbocycles. The van der Waals surface area contributed by atoms with Gasteiger partial charge in [-0.2, -0.15) is 0 Å². The summed E-state index contributed by atoms with van der Waals surface area (Å²) in [6.07, 6.45) is 1.25. The van der Waals surface area contributed by atoms with Crippen molar-refractivity contribution >= 4 is 0 Å². The van der Waals surface area contributed by atoms with Crippen molar-refractivity contribution in [2.45, 2.75) is 39.8 Å². The maximum Gasteiger partial charge on any atom is 0.0243 e. The van der Waals surface area contributed by atoms with Gasteiger partial charge in [-0.15, -0.1) is 0 Å². The van der Waals surface area contributed by atoms with Crippen LogP contribution in [-0.2, 0) is 6.54 Å². The van der Waals surface area contributed by atoms with Crippen LogP contribution < -0.4 is 5.32 Å². The van der Waals surface area contributed by atoms with Gasteiger partial charge in [0, 0.05) is 19.1 Å². The van der Waals surface area contributed by atoms with Gasteiger partial charge in [-0.1, -0.05) is 51.1 Å². The molecule has 1 saturated heterocycles. The Morgan fingerprint density at radius 3 is 2.61 bits per heavy atom. The van der Waals surface area contributed by atoms with Crippen molar-refractivity contribution in [1.29, 1.82) is 0 Å². The zero-order chi connectivity index (χ0) is 13.0. The first-order valence-electron chi connectivity index (χ1n) is 7.05. The van der Waals surface area contributed by atoms with Gasteiger partial charge >= 0.3 is 0 Å². The van der Waals surface area contributed by atoms with E-state index in [1.54, 1.807) is 0 Å². The second-order valence-corrected chi connectivity index (χ2v) is 6.45. The van der Waals surface area contributed by atoms with E-state index in [4.69, 9.17) is 0 Å². The van der Waals surface area contributed by atoms with E-state index in [-0.39, 0.29) is 0 Å². The van der Waals surface area contributed by atoms with Gasteiger partial charge in [-0.25, -0.2) is 0 Å². The first kappa shape index (κ1) is 13.6. The minimum Gasteiger partial charge on any atom is -0.312 e. The van der Waals surface area contributed by atoms with Crippen molar-refractivity contribution in [3.05, 3.63) is 35.9 Å². The maximum absolute atomic E-state index is 3.70. The summed E-state index contributed by atoms with van der Waals surface area (Å²) in [5, 5.41) is 3.70. The first-order chi connectivity index (χ1) is 8.55. The summed E-state index contributed by atoms with van der Waals surface area (Å²) in [4.78, 5) is 2.59. The highest BCUT2D eigenvalue weighted by molar-refractivity contribution is 5.14. The molecule has 1 atom stereocenters. The molecule has 0 amide bonds. The normalized spacial score (nSPS) is 22.7. The number of benzene rings is 1. The van der Waals surface area contributed by atoms with E-state index >= 15 is 0 Å². The van der Waals surface area contributed by atoms with Crippen LogP contribution in [0.2, 0.25) is 0 Å². The fourth-order valence-corrected chi connectivity index (χ4v) is 2.56. The molecular formula is C16H26N2. The summed E-state index contributed by atoms with van der Waals surface area (Å²) in [5.74, 6) is 0. The number of nitrogens with one attached hydrogen (secondary N) is 1. The van der Waals surface area contributed by atoms with Crippen LogP contribution in [0.4, 0.5) is 0 Å². The number of nitrogens with zero attached hydrogens (tertiary/aromatic N) is 1. The molecule has 18 heavy (non-hydrogen) atoms. The maximum atomic E-state index is 3.70. The molecule has 2 heteroatoms. The fraction of sp³-hybridized carbons (Fsp3) is 0.625. The minimum atomic E-state index is 0.333. The van der Waals surface area contributed by atoms with Gasteiger partial charge in [0.05, 0.1) is 0 Å². The van der Waals surface area contributed by atoms with Crippen molar-refractivity contribution in [3.63, 3.8) is 0 Å². The van der Waals surface area contributed by atoms with Crippen molar-refractivity contribution in [3.8, 4) is 0 Å². The predicted octanol–water partition coefficient (Wildman–Crippen LogP) is 2.90. The van der Waals surface area contributed by atoms with Crippen LogP contribution in [-0.4, -0.2) is 30.6 Å². The van der Waals surface area contributed by atoms with E-state index in [0.717, 1.165) is 19.6 Å². The highest BCUT2D eigenvalue weighted by atomic mass is 15.2. The van der Waals surface area contributed by atoms with Crippen LogP contribution in [0.25, 0.3) is 0 Å². The molecule has 0 bridgehead atoms. The predicted molar refractivity (Wildman–Crippen MR) is 77.6 cm³/mol. The van der Waals surface area contributed by atoms with Crippen LogP contribution in [0.3, 0.4) is 0 Å². The van der Waals surface area contributed by atoms with Gasteiger partial charge in [-0.05, 0) is 30.5 Å². The monoisotopic (exact) mass is 246 g/mol. The molecular weight excluding hydrogens is 220 g/mol. The molecule has 0 radical (unpaired) electrons. The lowest BCUT2D eigenvalue weighted by Crippen LogP contribution is -2.46. The van der Waals surface area contributed by atoms with Crippen LogP contribution in [0.1, 0.15) is 32.8 Å². The molecule has 0 aromatic heterocycles. The molecule has 1 aliphatic heterocycles. The van der Waals surface area contributed by atoms with E-state index in [9.17, 15) is 0 Å². The number of rotatable bonds is 2. The average molecular weight is 246 g/mol. The molecule has 0 spiro atoms. The van der Waals surface area contributed by atoms with E-state index < -0.39 is 0 Å². The van der Waals surface area contributed by atoms with Gasteiger partial charge in [0.25, 0.3) is 0 Å². The van der Waals surface area contributed by atoms with Crippen molar-refractivity contribution in [2.24, 2.45) is 5.41 Å². The first-order valence-corrected chi connectivity index (χ1v) is 7.05. The Kier molecular flexibility index (Phi) is 4.41. The second kappa shape index (κ2) is 5.85. The fourth-order valence-electron chi connectivity index (χ4n) is 2.56. The van der Waals surface area contributed by atoms with Crippen molar-refractivity contribution in [1.82, 2.24) is 10.2 Å². The quantitative estimate of drug-likeness (QED) is 0.863. The highest BCUT2D eigenvalue weighted by Gasteiger charge is 2.27. The summed E-state index contributed by atoms with van der Waals surface area (Å²) in [6, 6.07) is 11.4. The lowest BCUT2D eigenvalue weighted by Gasteiger charge is -2.33. The Bertz CT molecular complexity index is 353. The molecule has 1 heterocycles. The molecule has 1 N–H and O–H groups in total. The lowest BCUT2D eigenvalue weighted by molar-refractivity contribution is 0.192. The number of hydrogen-bond donors (Lipinski definition) is 1. The largest absolute Gasteiger partial charge is 0.312 e. The van der Waals surface area contributed by atoms with Crippen LogP contribution in [0.5, 0.6) is 0 Å². The van der Waals surface area contributed by atoms with Gasteiger partial charge < -0.3 is 5.32 Å². The van der Waals surface area contributed by atoms with Crippen LogP contribution in [0, 0.1) is 5.41 Å². The second-order valence-electron chi connectivity index (χ2n) is 6.45. The molecule has 0 aliphatic carbocycles. The smallest absolute Gasteiger partial charge is 0.0243 e. The van der Waals surface area contributed by atoms with Crippen LogP contribution in [0.15, 0.2) is 30.3 Å². The molecule has 100 valence electrons. The summed E-state index contributed by atoms with van der Waals surface area (Å²) in [5.41, 5.74) is 1.76. The topological polar surface area (TPSA) is 15.3 Å². The third-order valence-electron chi connectivity index (χ3n) is 3.78. The molecule has 2 nitrogen and oxygen atoms in total. The van der Waals surface area contributed by atoms with Crippen LogP contribution >= 0.6 is 0 Å². The highest BCUT2D eigenvalue weighted by Crippen LogP contribution is 2.22. The molecule has 1 aliphatic rings. The summed E-state index contributed by atoms with van der Waals surface area (Å²) in [6.45, 7) is 11.6. The zero-order valence-corrected chi connectivity index (χ0v) is 11.9. The molecule has 1 unspecified atom stereocenters. The Hall–Kier alpha value is -0.860. The van der Waals surface area contributed by atoms with Crippen molar-refractivity contribution < 1.29 is 0 Å². The molecule has 2 rings (SSSR count). The van der Waals surface area contributed by atoms with Gasteiger partial charge in [0.1, 0.15) is 0 Å². The third kappa shape index (κ3) is 3.82. The molecule has 1 fully saturated rings. The molecule has 1 aromatic rings. The minimum absolute atomic E-state index is 0.333. The Balaban J connectivity index is 1.99. The van der Waals surface area contributed by atoms with E-state index in [1.165, 1.54) is 18.5 Å². The Morgan fingerprint density at radius 2 is 1.94 bits per heavy atom. The average Bonchev–Trinajstić information content (AvgIpc) is 2.55. The third-order valence-corrected chi connectivity index (χ3v) is 3.78. The number of hydrogen-bond acceptors (Lipinski definition) is 2. The molecule has 1 aromatic carbocycles. The summed E-state index contributed by atoms with van der Waals surface area (Å²) >= 11 is 0. The van der Waals surface area contributed by atoms with Gasteiger partial charge in [-0.3, -0.25) is 4.90 Å². The Morgan fingerprint density at radius 1 is 1.22 bits per heavy atom. The lowest BCUT2D eigenvalue weighted by atomic mass is 9.86. The summed E-state index contributed by atoms with van der Waals surface area (Å²) < 4.78 is 0. The van der Waals surface area contributed by atoms with Gasteiger partial charge in [0.15, 0.2) is 0 Å². The zero-order valence-electron chi connectivity index (χ0n) is 11.9. The van der Waals surface area contributed by atoms with E-state index in [2.05, 4.69) is 61.3 Å². The van der Waals surface area contributed by atoms with Gasteiger partial charge in [0.2, 0.25) is 0 Å². The summed E-state index contributed by atoms with van der Waals surface area (Å²) in [7, 11) is 0. The SMILES string of the molecule is CC(C)(C)C1CN(Cc2ccccc2)CCCN1. The van der Waals surface area contributed by atoms with Crippen molar-refractivity contribution in [2.75, 3.05) is 19.6 Å². The Labute approximate surface area is 111 Å². The van der Waals surface area contributed by atoms with E-state index in [1.807, 2.05) is 0 Å². The van der Waals surface area contributed by atoms with E-state index in [0.29, 0.717) is 11.5 Å². The standard InChI is InChI=1S/C16H26N2/c1-16(2,3)15-13-18(11-7-10-17-15)12-14-8-5-4-6-9-14/h4-6,8-9,15,17H,7,10-13H2,1-3H3.